The average Bonchev–Trinajstić information content (AvgIpc) is 2.40. The Morgan fingerprint density at radius 2 is 1.89 bits per heavy atom. The molecule has 0 aromatic carbocycles. The number of ether oxygens (including phenoxy) is 3. The third kappa shape index (κ3) is 7.39. The van der Waals surface area contributed by atoms with Crippen molar-refractivity contribution >= 4 is 8.56 Å². The van der Waals surface area contributed by atoms with Gasteiger partial charge in [0.1, 0.15) is 6.10 Å². The lowest BCUT2D eigenvalue weighted by molar-refractivity contribution is -0.115. The Hall–Kier alpha value is 0.0169. The quantitative estimate of drug-likeness (QED) is 0.455. The van der Waals surface area contributed by atoms with Crippen LogP contribution in [0.5, 0.6) is 0 Å². The van der Waals surface area contributed by atoms with E-state index in [-0.39, 0.29) is 6.10 Å². The maximum absolute atomic E-state index is 5.78. The summed E-state index contributed by atoms with van der Waals surface area (Å²) in [7, 11) is -1.97. The van der Waals surface area contributed by atoms with Gasteiger partial charge >= 0.3 is 8.56 Å². The highest BCUT2D eigenvalue weighted by Crippen LogP contribution is 2.16. The molecule has 19 heavy (non-hydrogen) atoms. The van der Waals surface area contributed by atoms with Crippen LogP contribution in [0.15, 0.2) is 0 Å². The van der Waals surface area contributed by atoms with Gasteiger partial charge in [0.05, 0.1) is 26.4 Å². The molecule has 0 amide bonds. The first-order chi connectivity index (χ1) is 9.20. The van der Waals surface area contributed by atoms with Crippen molar-refractivity contribution in [1.82, 2.24) is 0 Å². The smallest absolute Gasteiger partial charge is 0.334 e. The summed E-state index contributed by atoms with van der Waals surface area (Å²) in [5.74, 6) is 0. The SMILES string of the molecule is CCO[Si](C)(CCCOCC1COCCO1)OCC. The van der Waals surface area contributed by atoms with Gasteiger partial charge in [0.2, 0.25) is 0 Å². The van der Waals surface area contributed by atoms with Crippen LogP contribution in [0.1, 0.15) is 20.3 Å². The fourth-order valence-corrected chi connectivity index (χ4v) is 4.52. The van der Waals surface area contributed by atoms with Gasteiger partial charge in [0.25, 0.3) is 0 Å². The maximum Gasteiger partial charge on any atom is 0.334 e. The summed E-state index contributed by atoms with van der Waals surface area (Å²) in [5, 5.41) is 0. The van der Waals surface area contributed by atoms with Crippen molar-refractivity contribution in [3.8, 4) is 0 Å². The monoisotopic (exact) mass is 292 g/mol. The summed E-state index contributed by atoms with van der Waals surface area (Å²) in [5.41, 5.74) is 0. The molecule has 1 rings (SSSR count). The van der Waals surface area contributed by atoms with Crippen molar-refractivity contribution in [2.45, 2.75) is 39.0 Å². The van der Waals surface area contributed by atoms with Crippen LogP contribution in [0.2, 0.25) is 12.6 Å². The third-order valence-electron chi connectivity index (χ3n) is 3.01. The van der Waals surface area contributed by atoms with Gasteiger partial charge in [-0.05, 0) is 32.9 Å². The minimum absolute atomic E-state index is 0.0937. The van der Waals surface area contributed by atoms with E-state index >= 15 is 0 Å². The Balaban J connectivity index is 2.07. The maximum atomic E-state index is 5.78. The zero-order valence-electron chi connectivity index (χ0n) is 12.5. The first-order valence-electron chi connectivity index (χ1n) is 7.25. The Morgan fingerprint density at radius 3 is 2.47 bits per heavy atom. The molecule has 5 nitrogen and oxygen atoms in total. The molecule has 6 heteroatoms. The fraction of sp³-hybridized carbons (Fsp3) is 1.00. The molecule has 0 spiro atoms. The standard InChI is InChI=1S/C13H28O5Si/c1-4-17-19(3,18-5-2)10-6-7-14-11-13-12-15-8-9-16-13/h13H,4-12H2,1-3H3. The van der Waals surface area contributed by atoms with Gasteiger partial charge in [0.15, 0.2) is 0 Å². The lowest BCUT2D eigenvalue weighted by Crippen LogP contribution is -2.39. The molecule has 1 aliphatic rings. The predicted molar refractivity (Wildman–Crippen MR) is 75.7 cm³/mol. The van der Waals surface area contributed by atoms with Gasteiger partial charge in [-0.25, -0.2) is 0 Å². The van der Waals surface area contributed by atoms with Crippen LogP contribution >= 0.6 is 0 Å². The van der Waals surface area contributed by atoms with Crippen LogP contribution in [-0.4, -0.2) is 60.9 Å². The molecular formula is C13H28O5Si. The van der Waals surface area contributed by atoms with E-state index in [0.717, 1.165) is 32.3 Å². The van der Waals surface area contributed by atoms with Crippen LogP contribution in [0.3, 0.4) is 0 Å². The molecule has 0 N–H and O–H groups in total. The van der Waals surface area contributed by atoms with Crippen LogP contribution in [0.25, 0.3) is 0 Å². The molecule has 0 bridgehead atoms. The van der Waals surface area contributed by atoms with E-state index < -0.39 is 8.56 Å². The zero-order chi connectivity index (χ0) is 14.0. The molecule has 0 aromatic heterocycles. The highest BCUT2D eigenvalue weighted by Gasteiger charge is 2.29. The summed E-state index contributed by atoms with van der Waals surface area (Å²) >= 11 is 0. The van der Waals surface area contributed by atoms with Crippen molar-refractivity contribution in [2.24, 2.45) is 0 Å². The summed E-state index contributed by atoms with van der Waals surface area (Å²) in [6.45, 7) is 10.9. The second-order valence-corrected chi connectivity index (χ2v) is 8.09. The Bertz CT molecular complexity index is 215. The molecule has 1 heterocycles. The van der Waals surface area contributed by atoms with Crippen molar-refractivity contribution in [3.63, 3.8) is 0 Å². The van der Waals surface area contributed by atoms with Crippen molar-refractivity contribution in [1.29, 1.82) is 0 Å². The van der Waals surface area contributed by atoms with Gasteiger partial charge in [-0.2, -0.15) is 0 Å². The summed E-state index contributed by atoms with van der Waals surface area (Å²) in [6, 6.07) is 0.969. The Kier molecular flexibility index (Phi) is 8.85. The van der Waals surface area contributed by atoms with E-state index in [4.69, 9.17) is 23.1 Å². The molecule has 1 fully saturated rings. The molecule has 1 saturated heterocycles. The largest absolute Gasteiger partial charge is 0.395 e. The molecule has 1 atom stereocenters. The predicted octanol–water partition coefficient (Wildman–Crippen LogP) is 1.95. The second kappa shape index (κ2) is 9.85. The van der Waals surface area contributed by atoms with Gasteiger partial charge < -0.3 is 23.1 Å². The number of hydrogen-bond acceptors (Lipinski definition) is 5. The molecule has 1 unspecified atom stereocenters. The number of hydrogen-bond donors (Lipinski definition) is 0. The fourth-order valence-electron chi connectivity index (χ4n) is 2.14. The first-order valence-corrected chi connectivity index (χ1v) is 9.77. The van der Waals surface area contributed by atoms with Crippen LogP contribution in [0, 0.1) is 0 Å². The molecule has 1 aliphatic heterocycles. The molecule has 114 valence electrons. The molecule has 0 aliphatic carbocycles. The van der Waals surface area contributed by atoms with E-state index in [0.29, 0.717) is 26.4 Å². The number of rotatable bonds is 10. The Morgan fingerprint density at radius 1 is 1.16 bits per heavy atom. The summed E-state index contributed by atoms with van der Waals surface area (Å²) in [6.07, 6.45) is 1.06. The van der Waals surface area contributed by atoms with Crippen LogP contribution in [-0.2, 0) is 23.1 Å². The minimum Gasteiger partial charge on any atom is -0.395 e. The van der Waals surface area contributed by atoms with Gasteiger partial charge in [0, 0.05) is 19.8 Å². The minimum atomic E-state index is -1.97. The van der Waals surface area contributed by atoms with Crippen molar-refractivity contribution in [3.05, 3.63) is 0 Å². The van der Waals surface area contributed by atoms with Gasteiger partial charge in [-0.1, -0.05) is 0 Å². The highest BCUT2D eigenvalue weighted by molar-refractivity contribution is 6.66. The summed E-state index contributed by atoms with van der Waals surface area (Å²) in [4.78, 5) is 0. The molecule has 0 radical (unpaired) electrons. The molecule has 0 aromatic rings. The molecule has 0 saturated carbocycles. The van der Waals surface area contributed by atoms with Crippen molar-refractivity contribution in [2.75, 3.05) is 46.2 Å². The second-order valence-electron chi connectivity index (χ2n) is 4.75. The Labute approximate surface area is 117 Å². The highest BCUT2D eigenvalue weighted by atomic mass is 28.4. The summed E-state index contributed by atoms with van der Waals surface area (Å²) < 4.78 is 28.0. The zero-order valence-corrected chi connectivity index (χ0v) is 13.5. The van der Waals surface area contributed by atoms with Crippen molar-refractivity contribution < 1.29 is 23.1 Å². The average molecular weight is 292 g/mol. The van der Waals surface area contributed by atoms with Gasteiger partial charge in [-0.3, -0.25) is 0 Å². The van der Waals surface area contributed by atoms with E-state index in [1.165, 1.54) is 0 Å². The lowest BCUT2D eigenvalue weighted by atomic mass is 10.4. The third-order valence-corrected chi connectivity index (χ3v) is 6.07. The lowest BCUT2D eigenvalue weighted by Gasteiger charge is -2.26. The van der Waals surface area contributed by atoms with E-state index in [9.17, 15) is 0 Å². The van der Waals surface area contributed by atoms with E-state index in [1.54, 1.807) is 0 Å². The first kappa shape index (κ1) is 17.1. The molecular weight excluding hydrogens is 264 g/mol. The van der Waals surface area contributed by atoms with E-state index in [2.05, 4.69) is 6.55 Å². The van der Waals surface area contributed by atoms with Gasteiger partial charge in [-0.15, -0.1) is 0 Å². The van der Waals surface area contributed by atoms with Crippen LogP contribution < -0.4 is 0 Å². The van der Waals surface area contributed by atoms with Crippen LogP contribution in [0.4, 0.5) is 0 Å². The van der Waals surface area contributed by atoms with E-state index in [1.807, 2.05) is 13.8 Å². The topological polar surface area (TPSA) is 46.2 Å². The normalized spacial score (nSPS) is 20.7.